The molecule has 0 aliphatic carbocycles. The van der Waals surface area contributed by atoms with Gasteiger partial charge in [0.05, 0.1) is 12.6 Å². The average Bonchev–Trinajstić information content (AvgIpc) is 2.99. The van der Waals surface area contributed by atoms with E-state index in [2.05, 4.69) is 19.9 Å². The molecule has 3 N–H and O–H groups in total. The van der Waals surface area contributed by atoms with Crippen molar-refractivity contribution in [2.75, 3.05) is 19.7 Å². The minimum Gasteiger partial charge on any atom is -0.376 e. The molecular formula is C12H21N5O. The van der Waals surface area contributed by atoms with Gasteiger partial charge in [-0.05, 0) is 19.8 Å². The minimum atomic E-state index is 0.251. The molecule has 1 fully saturated rings. The largest absolute Gasteiger partial charge is 0.376 e. The van der Waals surface area contributed by atoms with Crippen LogP contribution in [0.15, 0.2) is 17.4 Å². The molecule has 0 aromatic carbocycles. The molecule has 0 saturated carbocycles. The van der Waals surface area contributed by atoms with Crippen molar-refractivity contribution in [3.63, 3.8) is 0 Å². The van der Waals surface area contributed by atoms with Crippen LogP contribution in [0.25, 0.3) is 0 Å². The Kier molecular flexibility index (Phi) is 4.58. The van der Waals surface area contributed by atoms with Crippen LogP contribution < -0.4 is 11.1 Å². The molecule has 1 saturated heterocycles. The van der Waals surface area contributed by atoms with Gasteiger partial charge >= 0.3 is 0 Å². The number of nitrogens with zero attached hydrogens (tertiary/aromatic N) is 3. The number of nitrogens with two attached hydrogens (primary N) is 1. The van der Waals surface area contributed by atoms with Crippen LogP contribution in [0.3, 0.4) is 0 Å². The summed E-state index contributed by atoms with van der Waals surface area (Å²) in [6.45, 7) is 5.07. The fraction of sp³-hybridized carbons (Fsp3) is 0.667. The quantitative estimate of drug-likeness (QED) is 0.582. The second kappa shape index (κ2) is 6.39. The SMILES string of the molecule is Cc1nccn1CCNC(N)=NCC1CCCO1. The number of hydrogen-bond donors (Lipinski definition) is 2. The number of ether oxygens (including phenoxy) is 1. The fourth-order valence-corrected chi connectivity index (χ4v) is 1.99. The van der Waals surface area contributed by atoms with Crippen molar-refractivity contribution in [3.05, 3.63) is 18.2 Å². The summed E-state index contributed by atoms with van der Waals surface area (Å²) in [4.78, 5) is 8.44. The zero-order valence-corrected chi connectivity index (χ0v) is 10.8. The van der Waals surface area contributed by atoms with E-state index in [1.165, 1.54) is 0 Å². The Bertz CT molecular complexity index is 395. The van der Waals surface area contributed by atoms with Crippen LogP contribution in [0.4, 0.5) is 0 Å². The first-order valence-corrected chi connectivity index (χ1v) is 6.39. The van der Waals surface area contributed by atoms with Gasteiger partial charge in [-0.15, -0.1) is 0 Å². The van der Waals surface area contributed by atoms with E-state index in [1.54, 1.807) is 6.20 Å². The molecule has 1 aromatic heterocycles. The Morgan fingerprint density at radius 3 is 3.28 bits per heavy atom. The predicted octanol–water partition coefficient (Wildman–Crippen LogP) is 0.275. The highest BCUT2D eigenvalue weighted by atomic mass is 16.5. The van der Waals surface area contributed by atoms with Gasteiger partial charge in [0.1, 0.15) is 5.82 Å². The van der Waals surface area contributed by atoms with E-state index in [-0.39, 0.29) is 6.10 Å². The molecule has 2 rings (SSSR count). The lowest BCUT2D eigenvalue weighted by Crippen LogP contribution is -2.35. The Morgan fingerprint density at radius 2 is 2.61 bits per heavy atom. The lowest BCUT2D eigenvalue weighted by Gasteiger charge is -2.09. The Labute approximate surface area is 107 Å². The zero-order valence-electron chi connectivity index (χ0n) is 10.8. The van der Waals surface area contributed by atoms with Crippen LogP contribution >= 0.6 is 0 Å². The van der Waals surface area contributed by atoms with Crippen LogP contribution in [0, 0.1) is 6.92 Å². The molecule has 0 bridgehead atoms. The monoisotopic (exact) mass is 251 g/mol. The number of guanidine groups is 1. The van der Waals surface area contributed by atoms with E-state index < -0.39 is 0 Å². The summed E-state index contributed by atoms with van der Waals surface area (Å²) in [7, 11) is 0. The molecule has 1 aliphatic heterocycles. The topological polar surface area (TPSA) is 77.5 Å². The summed E-state index contributed by atoms with van der Waals surface area (Å²) in [5, 5.41) is 3.10. The third kappa shape index (κ3) is 3.73. The highest BCUT2D eigenvalue weighted by Crippen LogP contribution is 2.11. The number of nitrogens with one attached hydrogen (secondary N) is 1. The van der Waals surface area contributed by atoms with Gasteiger partial charge < -0.3 is 20.4 Å². The Morgan fingerprint density at radius 1 is 1.72 bits per heavy atom. The zero-order chi connectivity index (χ0) is 12.8. The second-order valence-corrected chi connectivity index (χ2v) is 4.46. The number of rotatable bonds is 5. The van der Waals surface area contributed by atoms with E-state index in [9.17, 15) is 0 Å². The first-order valence-electron chi connectivity index (χ1n) is 6.39. The van der Waals surface area contributed by atoms with Crippen molar-refractivity contribution in [2.45, 2.75) is 32.4 Å². The number of aliphatic imine (C=N–C) groups is 1. The lowest BCUT2D eigenvalue weighted by molar-refractivity contribution is 0.118. The first kappa shape index (κ1) is 12.9. The highest BCUT2D eigenvalue weighted by molar-refractivity contribution is 5.77. The standard InChI is InChI=1S/C12H21N5O/c1-10-14-4-6-17(10)7-5-15-12(13)16-9-11-3-2-8-18-11/h4,6,11H,2-3,5,7-9H2,1H3,(H3,13,15,16). The third-order valence-corrected chi connectivity index (χ3v) is 3.07. The maximum atomic E-state index is 5.79. The molecule has 0 radical (unpaired) electrons. The molecule has 1 atom stereocenters. The molecule has 2 heterocycles. The summed E-state index contributed by atoms with van der Waals surface area (Å²) >= 11 is 0. The molecule has 1 unspecified atom stereocenters. The van der Waals surface area contributed by atoms with E-state index in [0.29, 0.717) is 12.5 Å². The highest BCUT2D eigenvalue weighted by Gasteiger charge is 2.14. The molecule has 6 nitrogen and oxygen atoms in total. The predicted molar refractivity (Wildman–Crippen MR) is 70.4 cm³/mol. The Balaban J connectivity index is 1.66. The normalized spacial score (nSPS) is 20.3. The lowest BCUT2D eigenvalue weighted by atomic mass is 10.2. The maximum Gasteiger partial charge on any atom is 0.188 e. The average molecular weight is 251 g/mol. The van der Waals surface area contributed by atoms with Crippen molar-refractivity contribution in [1.29, 1.82) is 0 Å². The van der Waals surface area contributed by atoms with E-state index in [4.69, 9.17) is 10.5 Å². The van der Waals surface area contributed by atoms with E-state index in [1.807, 2.05) is 13.1 Å². The molecule has 6 heteroatoms. The van der Waals surface area contributed by atoms with Gasteiger partial charge in [0, 0.05) is 32.1 Å². The van der Waals surface area contributed by atoms with E-state index >= 15 is 0 Å². The van der Waals surface area contributed by atoms with Gasteiger partial charge in [-0.1, -0.05) is 0 Å². The van der Waals surface area contributed by atoms with Crippen LogP contribution in [-0.2, 0) is 11.3 Å². The van der Waals surface area contributed by atoms with Gasteiger partial charge in [0.15, 0.2) is 5.96 Å². The van der Waals surface area contributed by atoms with Gasteiger partial charge in [-0.25, -0.2) is 4.98 Å². The minimum absolute atomic E-state index is 0.251. The summed E-state index contributed by atoms with van der Waals surface area (Å²) in [6, 6.07) is 0. The second-order valence-electron chi connectivity index (χ2n) is 4.46. The van der Waals surface area contributed by atoms with Crippen molar-refractivity contribution < 1.29 is 4.74 Å². The van der Waals surface area contributed by atoms with Crippen LogP contribution in [0.1, 0.15) is 18.7 Å². The third-order valence-electron chi connectivity index (χ3n) is 3.07. The Hall–Kier alpha value is -1.56. The van der Waals surface area contributed by atoms with Crippen LogP contribution in [0.2, 0.25) is 0 Å². The molecule has 1 aromatic rings. The summed E-state index contributed by atoms with van der Waals surface area (Å²) in [5.74, 6) is 1.50. The molecule has 0 amide bonds. The molecule has 0 spiro atoms. The van der Waals surface area contributed by atoms with Gasteiger partial charge in [-0.3, -0.25) is 4.99 Å². The van der Waals surface area contributed by atoms with Gasteiger partial charge in [0.2, 0.25) is 0 Å². The smallest absolute Gasteiger partial charge is 0.188 e. The summed E-state index contributed by atoms with van der Waals surface area (Å²) < 4.78 is 7.55. The number of hydrogen-bond acceptors (Lipinski definition) is 3. The van der Waals surface area contributed by atoms with Crippen molar-refractivity contribution in [2.24, 2.45) is 10.7 Å². The first-order chi connectivity index (χ1) is 8.75. The van der Waals surface area contributed by atoms with E-state index in [0.717, 1.165) is 38.4 Å². The molecule has 1 aliphatic rings. The maximum absolute atomic E-state index is 5.79. The number of imidazole rings is 1. The fourth-order valence-electron chi connectivity index (χ4n) is 1.99. The van der Waals surface area contributed by atoms with Crippen molar-refractivity contribution in [3.8, 4) is 0 Å². The van der Waals surface area contributed by atoms with Gasteiger partial charge in [-0.2, -0.15) is 0 Å². The van der Waals surface area contributed by atoms with Gasteiger partial charge in [0.25, 0.3) is 0 Å². The molecular weight excluding hydrogens is 230 g/mol. The van der Waals surface area contributed by atoms with Crippen LogP contribution in [-0.4, -0.2) is 41.3 Å². The molecule has 18 heavy (non-hydrogen) atoms. The molecule has 100 valence electrons. The van der Waals surface area contributed by atoms with Crippen molar-refractivity contribution >= 4 is 5.96 Å². The van der Waals surface area contributed by atoms with Crippen molar-refractivity contribution in [1.82, 2.24) is 14.9 Å². The number of aryl methyl sites for hydroxylation is 1. The number of aromatic nitrogens is 2. The summed E-state index contributed by atoms with van der Waals surface area (Å²) in [5.41, 5.74) is 5.79. The van der Waals surface area contributed by atoms with Crippen LogP contribution in [0.5, 0.6) is 0 Å². The summed E-state index contributed by atoms with van der Waals surface area (Å²) in [6.07, 6.45) is 6.22.